The quantitative estimate of drug-likeness (QED) is 0.762. The normalized spacial score (nSPS) is 21.4. The standard InChI is InChI=1S/C21H27N3O3S/c1-15(16-5-7-18(27-2)8-6-16)24-13-3-4-21(24)20-14-17(11-12-22-20)23-28(25,26)19-9-10-19/h5-8,11-12,14-15,19,21H,3-4,9-10,13H2,1-2H3,(H,22,23)/t15?,21-/m1/s1. The largest absolute Gasteiger partial charge is 0.497 e. The van der Waals surface area contributed by atoms with Gasteiger partial charge in [0.05, 0.1) is 29.8 Å². The Bertz CT molecular complexity index is 926. The van der Waals surface area contributed by atoms with Crippen molar-refractivity contribution >= 4 is 15.7 Å². The third kappa shape index (κ3) is 4.00. The first-order valence-electron chi connectivity index (χ1n) is 9.85. The zero-order valence-electron chi connectivity index (χ0n) is 16.3. The van der Waals surface area contributed by atoms with Gasteiger partial charge in [0.15, 0.2) is 0 Å². The van der Waals surface area contributed by atoms with Crippen molar-refractivity contribution in [2.45, 2.75) is 49.9 Å². The summed E-state index contributed by atoms with van der Waals surface area (Å²) in [4.78, 5) is 7.02. The van der Waals surface area contributed by atoms with E-state index in [0.29, 0.717) is 5.69 Å². The number of sulfonamides is 1. The van der Waals surface area contributed by atoms with Gasteiger partial charge >= 0.3 is 0 Å². The molecule has 150 valence electrons. The van der Waals surface area contributed by atoms with Crippen LogP contribution in [0, 0.1) is 0 Å². The van der Waals surface area contributed by atoms with Crippen molar-refractivity contribution < 1.29 is 13.2 Å². The van der Waals surface area contributed by atoms with Crippen molar-refractivity contribution in [1.82, 2.24) is 9.88 Å². The predicted octanol–water partition coefficient (Wildman–Crippen LogP) is 3.89. The molecule has 0 amide bonds. The van der Waals surface area contributed by atoms with Crippen molar-refractivity contribution in [2.24, 2.45) is 0 Å². The van der Waals surface area contributed by atoms with E-state index in [9.17, 15) is 8.42 Å². The number of rotatable bonds is 7. The van der Waals surface area contributed by atoms with E-state index in [1.165, 1.54) is 5.56 Å². The van der Waals surface area contributed by atoms with Gasteiger partial charge in [0.2, 0.25) is 10.0 Å². The number of methoxy groups -OCH3 is 1. The fraction of sp³-hybridized carbons (Fsp3) is 0.476. The van der Waals surface area contributed by atoms with Crippen LogP contribution in [0.25, 0.3) is 0 Å². The molecule has 0 spiro atoms. The lowest BCUT2D eigenvalue weighted by atomic mass is 10.0. The molecule has 4 rings (SSSR count). The number of pyridine rings is 1. The fourth-order valence-corrected chi connectivity index (χ4v) is 5.34. The second kappa shape index (κ2) is 7.72. The van der Waals surface area contributed by atoms with Gasteiger partial charge in [-0.15, -0.1) is 0 Å². The van der Waals surface area contributed by atoms with Crippen LogP contribution < -0.4 is 9.46 Å². The lowest BCUT2D eigenvalue weighted by Gasteiger charge is -2.31. The SMILES string of the molecule is COc1ccc(C(C)N2CCC[C@@H]2c2cc(NS(=O)(=O)C3CC3)ccn2)cc1. The van der Waals surface area contributed by atoms with Crippen LogP contribution in [0.5, 0.6) is 5.75 Å². The molecule has 7 heteroatoms. The van der Waals surface area contributed by atoms with E-state index in [4.69, 9.17) is 4.74 Å². The number of ether oxygens (including phenoxy) is 1. The van der Waals surface area contributed by atoms with E-state index in [2.05, 4.69) is 33.7 Å². The highest BCUT2D eigenvalue weighted by molar-refractivity contribution is 7.93. The molecule has 6 nitrogen and oxygen atoms in total. The highest BCUT2D eigenvalue weighted by Crippen LogP contribution is 2.39. The molecule has 1 aromatic carbocycles. The molecule has 2 fully saturated rings. The number of aromatic nitrogens is 1. The van der Waals surface area contributed by atoms with Crippen LogP contribution >= 0.6 is 0 Å². The van der Waals surface area contributed by atoms with E-state index in [1.54, 1.807) is 19.4 Å². The summed E-state index contributed by atoms with van der Waals surface area (Å²) >= 11 is 0. The molecule has 0 radical (unpaired) electrons. The van der Waals surface area contributed by atoms with Crippen LogP contribution in [-0.2, 0) is 10.0 Å². The average Bonchev–Trinajstić information content (AvgIpc) is 3.46. The van der Waals surface area contributed by atoms with E-state index >= 15 is 0 Å². The molecule has 1 aliphatic carbocycles. The van der Waals surface area contributed by atoms with Gasteiger partial charge in [-0.3, -0.25) is 14.6 Å². The minimum atomic E-state index is -3.26. The smallest absolute Gasteiger partial charge is 0.235 e. The average molecular weight is 402 g/mol. The van der Waals surface area contributed by atoms with Crippen LogP contribution in [0.3, 0.4) is 0 Å². The lowest BCUT2D eigenvalue weighted by molar-refractivity contribution is 0.191. The Balaban J connectivity index is 1.53. The summed E-state index contributed by atoms with van der Waals surface area (Å²) < 4.78 is 32.5. The Hall–Kier alpha value is -2.12. The van der Waals surface area contributed by atoms with Crippen molar-refractivity contribution in [3.8, 4) is 5.75 Å². The van der Waals surface area contributed by atoms with Gasteiger partial charge < -0.3 is 4.74 Å². The van der Waals surface area contributed by atoms with E-state index in [1.807, 2.05) is 18.2 Å². The molecule has 1 aliphatic heterocycles. The molecule has 2 atom stereocenters. The molecule has 28 heavy (non-hydrogen) atoms. The van der Waals surface area contributed by atoms with Crippen LogP contribution in [0.1, 0.15) is 55.9 Å². The Kier molecular flexibility index (Phi) is 5.29. The first kappa shape index (κ1) is 19.2. The zero-order valence-corrected chi connectivity index (χ0v) is 17.2. The van der Waals surface area contributed by atoms with E-state index in [0.717, 1.165) is 43.7 Å². The third-order valence-electron chi connectivity index (χ3n) is 5.74. The van der Waals surface area contributed by atoms with Crippen molar-refractivity contribution in [2.75, 3.05) is 18.4 Å². The molecule has 1 saturated carbocycles. The summed E-state index contributed by atoms with van der Waals surface area (Å²) in [7, 11) is -1.59. The molecule has 1 aromatic heterocycles. The Morgan fingerprint density at radius 1 is 1.18 bits per heavy atom. The number of hydrogen-bond acceptors (Lipinski definition) is 5. The molecule has 1 N–H and O–H groups in total. The highest BCUT2D eigenvalue weighted by atomic mass is 32.2. The minimum absolute atomic E-state index is 0.183. The number of likely N-dealkylation sites (tertiary alicyclic amines) is 1. The van der Waals surface area contributed by atoms with Crippen LogP contribution in [-0.4, -0.2) is 37.2 Å². The van der Waals surface area contributed by atoms with Gasteiger partial charge in [-0.05, 0) is 69.0 Å². The number of nitrogens with zero attached hydrogens (tertiary/aromatic N) is 2. The number of anilines is 1. The van der Waals surface area contributed by atoms with Gasteiger partial charge in [0, 0.05) is 12.2 Å². The number of hydrogen-bond donors (Lipinski definition) is 1. The number of nitrogens with one attached hydrogen (secondary N) is 1. The molecular formula is C21H27N3O3S. The summed E-state index contributed by atoms with van der Waals surface area (Å²) in [6.07, 6.45) is 5.33. The second-order valence-electron chi connectivity index (χ2n) is 7.66. The Morgan fingerprint density at radius 3 is 2.61 bits per heavy atom. The third-order valence-corrected chi connectivity index (χ3v) is 7.60. The van der Waals surface area contributed by atoms with Gasteiger partial charge in [-0.1, -0.05) is 12.1 Å². The Morgan fingerprint density at radius 2 is 1.93 bits per heavy atom. The summed E-state index contributed by atoms with van der Waals surface area (Å²) in [6, 6.07) is 12.2. The van der Waals surface area contributed by atoms with Gasteiger partial charge in [-0.25, -0.2) is 8.42 Å². The van der Waals surface area contributed by atoms with Crippen molar-refractivity contribution in [1.29, 1.82) is 0 Å². The van der Waals surface area contributed by atoms with E-state index < -0.39 is 10.0 Å². The van der Waals surface area contributed by atoms with Gasteiger partial charge in [-0.2, -0.15) is 0 Å². The zero-order chi connectivity index (χ0) is 19.7. The van der Waals surface area contributed by atoms with E-state index in [-0.39, 0.29) is 17.3 Å². The first-order chi connectivity index (χ1) is 13.5. The fourth-order valence-electron chi connectivity index (χ4n) is 3.96. The van der Waals surface area contributed by atoms with Crippen LogP contribution in [0.2, 0.25) is 0 Å². The predicted molar refractivity (Wildman–Crippen MR) is 110 cm³/mol. The number of benzene rings is 1. The molecule has 2 heterocycles. The van der Waals surface area contributed by atoms with Crippen molar-refractivity contribution in [3.63, 3.8) is 0 Å². The molecule has 2 aromatic rings. The topological polar surface area (TPSA) is 71.5 Å². The summed E-state index contributed by atoms with van der Waals surface area (Å²) in [5.41, 5.74) is 2.77. The molecule has 1 unspecified atom stereocenters. The minimum Gasteiger partial charge on any atom is -0.497 e. The maximum absolute atomic E-state index is 12.3. The first-order valence-corrected chi connectivity index (χ1v) is 11.4. The van der Waals surface area contributed by atoms with Crippen LogP contribution in [0.4, 0.5) is 5.69 Å². The van der Waals surface area contributed by atoms with Crippen molar-refractivity contribution in [3.05, 3.63) is 53.9 Å². The van der Waals surface area contributed by atoms with Crippen LogP contribution in [0.15, 0.2) is 42.6 Å². The van der Waals surface area contributed by atoms with Gasteiger partial charge in [0.25, 0.3) is 0 Å². The molecular weight excluding hydrogens is 374 g/mol. The molecule has 0 bridgehead atoms. The summed E-state index contributed by atoms with van der Waals surface area (Å²) in [5.74, 6) is 0.853. The monoisotopic (exact) mass is 401 g/mol. The second-order valence-corrected chi connectivity index (χ2v) is 9.62. The maximum atomic E-state index is 12.3. The Labute approximate surface area is 167 Å². The highest BCUT2D eigenvalue weighted by Gasteiger charge is 2.36. The molecule has 1 saturated heterocycles. The molecule has 2 aliphatic rings. The summed E-state index contributed by atoms with van der Waals surface area (Å²) in [5, 5.41) is -0.234. The summed E-state index contributed by atoms with van der Waals surface area (Å²) in [6.45, 7) is 3.21. The maximum Gasteiger partial charge on any atom is 0.235 e. The van der Waals surface area contributed by atoms with Gasteiger partial charge in [0.1, 0.15) is 5.75 Å². The lowest BCUT2D eigenvalue weighted by Crippen LogP contribution is -2.27.